The first-order chi connectivity index (χ1) is 5.07. The van der Waals surface area contributed by atoms with E-state index in [1.165, 1.54) is 0 Å². The molecule has 8 heteroatoms. The molecule has 0 aliphatic rings. The van der Waals surface area contributed by atoms with E-state index < -0.39 is 22.4 Å². The zero-order valence-corrected chi connectivity index (χ0v) is 6.54. The average molecular weight is 233 g/mol. The van der Waals surface area contributed by atoms with Crippen molar-refractivity contribution in [2.24, 2.45) is 0 Å². The molecule has 0 atom stereocenters. The van der Waals surface area contributed by atoms with Gasteiger partial charge in [-0.3, -0.25) is 0 Å². The van der Waals surface area contributed by atoms with Gasteiger partial charge in [0.05, 0.1) is 0 Å². The minimum Gasteiger partial charge on any atom is -0.200 e. The summed E-state index contributed by atoms with van der Waals surface area (Å²) >= 11 is 7.77. The third-order valence-electron chi connectivity index (χ3n) is 0.690. The van der Waals surface area contributed by atoms with E-state index in [0.717, 1.165) is 0 Å². The van der Waals surface area contributed by atoms with Crippen molar-refractivity contribution in [1.29, 1.82) is 0 Å². The van der Waals surface area contributed by atoms with Gasteiger partial charge in [0.25, 0.3) is 0 Å². The first-order valence-corrected chi connectivity index (χ1v) is 3.02. The van der Waals surface area contributed by atoms with Gasteiger partial charge < -0.3 is 0 Å². The largest absolute Gasteiger partial charge is 0.376 e. The molecular formula is C4Cl2F6. The molecular weight excluding hydrogens is 233 g/mol. The molecule has 0 spiro atoms. The zero-order chi connectivity index (χ0) is 10.2. The van der Waals surface area contributed by atoms with E-state index in [2.05, 4.69) is 23.2 Å². The maximum absolute atomic E-state index is 11.9. The summed E-state index contributed by atoms with van der Waals surface area (Å²) in [6.07, 6.45) is 0. The molecule has 0 amide bonds. The molecule has 0 fully saturated rings. The number of halogens is 8. The smallest absolute Gasteiger partial charge is 0.200 e. The Morgan fingerprint density at radius 3 is 1.00 bits per heavy atom. The van der Waals surface area contributed by atoms with Gasteiger partial charge in [0.2, 0.25) is 11.7 Å². The lowest BCUT2D eigenvalue weighted by atomic mass is 10.4. The van der Waals surface area contributed by atoms with Crippen molar-refractivity contribution < 1.29 is 26.3 Å². The van der Waals surface area contributed by atoms with Crippen molar-refractivity contribution in [3.05, 3.63) is 11.7 Å². The minimum absolute atomic E-state index is 3.09. The summed E-state index contributed by atoms with van der Waals surface area (Å²) in [4.78, 5) is 0. The number of hydrogen-bond donors (Lipinski definition) is 0. The SMILES string of the molecule is FC(=C(F)C(F)(F)Cl)C(F)(F)Cl. The maximum Gasteiger partial charge on any atom is 0.376 e. The van der Waals surface area contributed by atoms with Crippen molar-refractivity contribution in [2.45, 2.75) is 10.8 Å². The molecule has 0 radical (unpaired) electrons. The summed E-state index contributed by atoms with van der Waals surface area (Å²) in [6, 6.07) is 0. The third kappa shape index (κ3) is 3.10. The van der Waals surface area contributed by atoms with Gasteiger partial charge in [-0.2, -0.15) is 17.6 Å². The Balaban J connectivity index is 4.96. The standard InChI is InChI=1S/C4Cl2F6/c5-3(9,10)1(7)2(8)4(6,11)12. The third-order valence-corrected chi connectivity index (χ3v) is 1.02. The van der Waals surface area contributed by atoms with E-state index in [9.17, 15) is 26.3 Å². The predicted molar refractivity (Wildman–Crippen MR) is 30.8 cm³/mol. The molecule has 0 aromatic heterocycles. The summed E-state index contributed by atoms with van der Waals surface area (Å²) in [7, 11) is 0. The Morgan fingerprint density at radius 2 is 0.917 bits per heavy atom. The second kappa shape index (κ2) is 3.33. The number of rotatable bonds is 2. The predicted octanol–water partition coefficient (Wildman–Crippen LogP) is 3.80. The van der Waals surface area contributed by atoms with Crippen LogP contribution in [0.4, 0.5) is 26.3 Å². The van der Waals surface area contributed by atoms with Crippen LogP contribution in [0.15, 0.2) is 11.7 Å². The molecule has 0 aliphatic carbocycles. The van der Waals surface area contributed by atoms with Crippen LogP contribution >= 0.6 is 23.2 Å². The molecule has 0 aromatic carbocycles. The van der Waals surface area contributed by atoms with Gasteiger partial charge >= 0.3 is 10.8 Å². The summed E-state index contributed by atoms with van der Waals surface area (Å²) < 4.78 is 70.1. The van der Waals surface area contributed by atoms with Crippen molar-refractivity contribution in [3.8, 4) is 0 Å². The topological polar surface area (TPSA) is 0 Å². The Labute approximate surface area is 72.7 Å². The molecule has 0 nitrogen and oxygen atoms in total. The highest BCUT2D eigenvalue weighted by Gasteiger charge is 2.44. The van der Waals surface area contributed by atoms with E-state index in [0.29, 0.717) is 0 Å². The maximum atomic E-state index is 11.9. The molecule has 12 heavy (non-hydrogen) atoms. The second-order valence-corrected chi connectivity index (χ2v) is 2.57. The summed E-state index contributed by atoms with van der Waals surface area (Å²) in [6.45, 7) is 0. The fourth-order valence-electron chi connectivity index (χ4n) is 0.249. The molecule has 0 bridgehead atoms. The zero-order valence-electron chi connectivity index (χ0n) is 5.02. The van der Waals surface area contributed by atoms with Crippen LogP contribution in [-0.2, 0) is 0 Å². The Morgan fingerprint density at radius 1 is 0.750 bits per heavy atom. The fraction of sp³-hybridized carbons (Fsp3) is 0.500. The van der Waals surface area contributed by atoms with Gasteiger partial charge in [-0.15, -0.1) is 0 Å². The summed E-state index contributed by atoms with van der Waals surface area (Å²) in [5.74, 6) is -6.19. The lowest BCUT2D eigenvalue weighted by Gasteiger charge is -2.09. The van der Waals surface area contributed by atoms with Crippen LogP contribution in [-0.4, -0.2) is 10.8 Å². The molecule has 0 saturated heterocycles. The minimum atomic E-state index is -4.82. The van der Waals surface area contributed by atoms with Gasteiger partial charge in [-0.1, -0.05) is 0 Å². The number of allylic oxidation sites excluding steroid dienone is 2. The fourth-order valence-corrected chi connectivity index (χ4v) is 0.415. The highest BCUT2D eigenvalue weighted by molar-refractivity contribution is 6.24. The van der Waals surface area contributed by atoms with Crippen molar-refractivity contribution >= 4 is 23.2 Å². The van der Waals surface area contributed by atoms with Crippen LogP contribution in [0.3, 0.4) is 0 Å². The summed E-state index contributed by atoms with van der Waals surface area (Å²) in [5.41, 5.74) is 0. The Kier molecular flexibility index (Phi) is 3.31. The molecule has 0 rings (SSSR count). The van der Waals surface area contributed by atoms with Gasteiger partial charge in [0.1, 0.15) is 0 Å². The van der Waals surface area contributed by atoms with Gasteiger partial charge in [-0.25, -0.2) is 8.78 Å². The van der Waals surface area contributed by atoms with E-state index in [1.54, 1.807) is 0 Å². The molecule has 0 aliphatic heterocycles. The summed E-state index contributed by atoms with van der Waals surface area (Å²) in [5, 5.41) is -9.63. The van der Waals surface area contributed by atoms with Gasteiger partial charge in [-0.05, 0) is 23.2 Å². The van der Waals surface area contributed by atoms with Gasteiger partial charge in [0.15, 0.2) is 0 Å². The van der Waals surface area contributed by atoms with Crippen LogP contribution in [0.2, 0.25) is 0 Å². The molecule has 0 saturated carbocycles. The van der Waals surface area contributed by atoms with E-state index in [-0.39, 0.29) is 0 Å². The average Bonchev–Trinajstić information content (AvgIpc) is 1.80. The molecule has 0 aromatic rings. The van der Waals surface area contributed by atoms with E-state index >= 15 is 0 Å². The number of hydrogen-bond acceptors (Lipinski definition) is 0. The lowest BCUT2D eigenvalue weighted by Crippen LogP contribution is -2.15. The van der Waals surface area contributed by atoms with Crippen molar-refractivity contribution in [1.82, 2.24) is 0 Å². The second-order valence-electron chi connectivity index (χ2n) is 1.62. The van der Waals surface area contributed by atoms with E-state index in [1.807, 2.05) is 0 Å². The quantitative estimate of drug-likeness (QED) is 0.502. The molecule has 0 unspecified atom stereocenters. The number of alkyl halides is 6. The monoisotopic (exact) mass is 232 g/mol. The normalized spacial score (nSPS) is 16.0. The first-order valence-electron chi connectivity index (χ1n) is 2.26. The van der Waals surface area contributed by atoms with Crippen LogP contribution in [0, 0.1) is 0 Å². The Hall–Kier alpha value is -0.100. The van der Waals surface area contributed by atoms with Crippen molar-refractivity contribution in [2.75, 3.05) is 0 Å². The van der Waals surface area contributed by atoms with Crippen LogP contribution in [0.5, 0.6) is 0 Å². The Bertz CT molecular complexity index is 177. The highest BCUT2D eigenvalue weighted by Crippen LogP contribution is 2.39. The first kappa shape index (κ1) is 11.9. The van der Waals surface area contributed by atoms with E-state index in [4.69, 9.17) is 0 Å². The van der Waals surface area contributed by atoms with Crippen LogP contribution < -0.4 is 0 Å². The van der Waals surface area contributed by atoms with Crippen LogP contribution in [0.25, 0.3) is 0 Å². The molecule has 72 valence electrons. The highest BCUT2D eigenvalue weighted by atomic mass is 35.5. The van der Waals surface area contributed by atoms with Gasteiger partial charge in [0, 0.05) is 0 Å². The van der Waals surface area contributed by atoms with Crippen molar-refractivity contribution in [3.63, 3.8) is 0 Å². The molecule has 0 N–H and O–H groups in total. The molecule has 0 heterocycles. The van der Waals surface area contributed by atoms with Crippen LogP contribution in [0.1, 0.15) is 0 Å². The lowest BCUT2D eigenvalue weighted by molar-refractivity contribution is 0.0700.